The Bertz CT molecular complexity index is 2190. The van der Waals surface area contributed by atoms with Crippen LogP contribution in [-0.2, 0) is 30.4 Å². The minimum Gasteiger partial charge on any atom is -0.508 e. The van der Waals surface area contributed by atoms with Crippen LogP contribution in [0.15, 0.2) is 63.8 Å². The number of phenols is 1. The van der Waals surface area contributed by atoms with Gasteiger partial charge in [-0.2, -0.15) is 0 Å². The lowest BCUT2D eigenvalue weighted by Gasteiger charge is -2.32. The number of fused-ring (bicyclic) bond motifs is 2. The number of aromatic carboxylic acids is 1. The van der Waals surface area contributed by atoms with E-state index in [0.717, 1.165) is 0 Å². The highest BCUT2D eigenvalue weighted by Gasteiger charge is 2.23. The Labute approximate surface area is 343 Å². The van der Waals surface area contributed by atoms with Crippen LogP contribution in [0.25, 0.3) is 33.4 Å². The molecular formula is C41H48N6O13. The van der Waals surface area contributed by atoms with Crippen molar-refractivity contribution in [2.75, 3.05) is 91.6 Å². The second-order valence-corrected chi connectivity index (χ2v) is 14.5. The molecule has 3 aliphatic rings. The van der Waals surface area contributed by atoms with Crippen molar-refractivity contribution < 1.29 is 58.7 Å². The molecule has 0 atom stereocenters. The monoisotopic (exact) mass is 832 g/mol. The first-order chi connectivity index (χ1) is 28.6. The SMILES string of the molecule is O=C(O)CN1CCN(CC(=O)O)CCN(CC(=O)NCCNC(=O)CCc2cc3c(-c4ccc(C(=O)O)cc4)c4ccc(=O)cc-4oc3cc2O)CCN(CC(=O)O)CC1. The standard InChI is InChI=1S/C41H48N6O13/c48-29-6-7-30-33(20-29)60-34-21-32(49)28(19-31(34)40(30)26-1-3-27(4-2-26)41(58)59)5-8-35(50)42-9-10-43-36(51)22-44-11-13-45(23-37(52)53)15-17-47(25-39(56)57)18-16-46(14-12-44)24-38(54)55/h1-4,6-7,19-21,49H,5,8-18,22-25H2,(H,42,50)(H,43,51)(H,52,53)(H,54,55)(H,56,57)(H,58,59). The summed E-state index contributed by atoms with van der Waals surface area (Å²) in [5.74, 6) is -4.80. The lowest BCUT2D eigenvalue weighted by atomic mass is 9.92. The van der Waals surface area contributed by atoms with Crippen molar-refractivity contribution in [3.63, 3.8) is 0 Å². The van der Waals surface area contributed by atoms with E-state index >= 15 is 0 Å². The van der Waals surface area contributed by atoms with Gasteiger partial charge in [-0.05, 0) is 47.9 Å². The van der Waals surface area contributed by atoms with Gasteiger partial charge in [-0.1, -0.05) is 12.1 Å². The molecule has 320 valence electrons. The molecule has 0 spiro atoms. The third-order valence-corrected chi connectivity index (χ3v) is 10.1. The van der Waals surface area contributed by atoms with Crippen molar-refractivity contribution in [3.8, 4) is 28.2 Å². The van der Waals surface area contributed by atoms with Crippen LogP contribution >= 0.6 is 0 Å². The molecule has 0 unspecified atom stereocenters. The number of hydrogen-bond acceptors (Lipinski definition) is 13. The highest BCUT2D eigenvalue weighted by molar-refractivity contribution is 6.03. The number of aliphatic carboxylic acids is 3. The maximum absolute atomic E-state index is 13.0. The third kappa shape index (κ3) is 13.0. The molecule has 2 aromatic rings. The molecule has 0 aromatic heterocycles. The second kappa shape index (κ2) is 21.0. The Hall–Kier alpha value is -6.41. The number of hydrogen-bond donors (Lipinski definition) is 7. The van der Waals surface area contributed by atoms with Crippen molar-refractivity contribution in [2.24, 2.45) is 0 Å². The number of amides is 2. The van der Waals surface area contributed by atoms with Gasteiger partial charge in [0.05, 0.1) is 31.7 Å². The molecule has 1 aliphatic carbocycles. The minimum atomic E-state index is -1.08. The number of benzene rings is 3. The molecule has 2 aliphatic heterocycles. The van der Waals surface area contributed by atoms with E-state index in [-0.39, 0.29) is 144 Å². The molecule has 1 fully saturated rings. The molecule has 60 heavy (non-hydrogen) atoms. The van der Waals surface area contributed by atoms with Crippen LogP contribution in [0.1, 0.15) is 22.3 Å². The summed E-state index contributed by atoms with van der Waals surface area (Å²) in [6.07, 6.45) is 0.126. The zero-order valence-corrected chi connectivity index (χ0v) is 32.8. The Morgan fingerprint density at radius 2 is 1.12 bits per heavy atom. The summed E-state index contributed by atoms with van der Waals surface area (Å²) < 4.78 is 5.99. The summed E-state index contributed by atoms with van der Waals surface area (Å²) in [5.41, 5.74) is 2.43. The molecule has 2 heterocycles. The highest BCUT2D eigenvalue weighted by Crippen LogP contribution is 2.41. The first-order valence-corrected chi connectivity index (χ1v) is 19.3. The van der Waals surface area contributed by atoms with Gasteiger partial charge in [0.1, 0.15) is 17.1 Å². The second-order valence-electron chi connectivity index (χ2n) is 14.5. The van der Waals surface area contributed by atoms with Crippen molar-refractivity contribution in [1.29, 1.82) is 0 Å². The number of nitrogens with zero attached hydrogens (tertiary/aromatic N) is 4. The zero-order valence-electron chi connectivity index (χ0n) is 32.8. The molecule has 19 nitrogen and oxygen atoms in total. The number of carbonyl (C=O) groups is 6. The van der Waals surface area contributed by atoms with Gasteiger partial charge >= 0.3 is 23.9 Å². The maximum Gasteiger partial charge on any atom is 0.335 e. The Kier molecular flexibility index (Phi) is 15.7. The quantitative estimate of drug-likeness (QED) is 0.0602. The number of carboxylic acids is 4. The van der Waals surface area contributed by atoms with Crippen LogP contribution in [0.4, 0.5) is 0 Å². The van der Waals surface area contributed by atoms with Crippen molar-refractivity contribution in [3.05, 3.63) is 75.9 Å². The number of carboxylic acid groups (broad SMARTS) is 4. The fourth-order valence-electron chi connectivity index (χ4n) is 7.03. The van der Waals surface area contributed by atoms with E-state index in [9.17, 15) is 59.1 Å². The van der Waals surface area contributed by atoms with Gasteiger partial charge in [-0.25, -0.2) is 4.79 Å². The van der Waals surface area contributed by atoms with Gasteiger partial charge in [-0.3, -0.25) is 48.4 Å². The molecule has 2 aromatic carbocycles. The van der Waals surface area contributed by atoms with E-state index in [1.54, 1.807) is 43.9 Å². The fourth-order valence-corrected chi connectivity index (χ4v) is 7.03. The molecule has 1 saturated heterocycles. The molecule has 0 saturated carbocycles. The molecular weight excluding hydrogens is 784 g/mol. The Morgan fingerprint density at radius 3 is 1.62 bits per heavy atom. The number of aromatic hydroxyl groups is 1. The van der Waals surface area contributed by atoms with Gasteiger partial charge in [0, 0.05) is 101 Å². The molecule has 19 heteroatoms. The minimum absolute atomic E-state index is 0.0124. The van der Waals surface area contributed by atoms with Crippen LogP contribution in [0.5, 0.6) is 5.75 Å². The van der Waals surface area contributed by atoms with E-state index in [1.165, 1.54) is 30.3 Å². The predicted molar refractivity (Wildman–Crippen MR) is 216 cm³/mol. The van der Waals surface area contributed by atoms with Gasteiger partial charge in [0.25, 0.3) is 0 Å². The summed E-state index contributed by atoms with van der Waals surface area (Å²) in [4.78, 5) is 90.8. The zero-order chi connectivity index (χ0) is 43.3. The van der Waals surface area contributed by atoms with Crippen LogP contribution in [0.3, 0.4) is 0 Å². The summed E-state index contributed by atoms with van der Waals surface area (Å²) in [6.45, 7) is 1.37. The smallest absolute Gasteiger partial charge is 0.335 e. The summed E-state index contributed by atoms with van der Waals surface area (Å²) >= 11 is 0. The van der Waals surface area contributed by atoms with E-state index in [4.69, 9.17) is 4.42 Å². The molecule has 0 bridgehead atoms. The summed E-state index contributed by atoms with van der Waals surface area (Å²) in [7, 11) is 0. The highest BCUT2D eigenvalue weighted by atomic mass is 16.4. The van der Waals surface area contributed by atoms with Gasteiger partial charge in [-0.15, -0.1) is 0 Å². The van der Waals surface area contributed by atoms with Crippen molar-refractivity contribution >= 4 is 46.7 Å². The van der Waals surface area contributed by atoms with E-state index < -0.39 is 23.9 Å². The predicted octanol–water partition coefficient (Wildman–Crippen LogP) is 0.609. The van der Waals surface area contributed by atoms with E-state index in [1.807, 2.05) is 0 Å². The van der Waals surface area contributed by atoms with Crippen molar-refractivity contribution in [2.45, 2.75) is 12.8 Å². The normalized spacial score (nSPS) is 15.2. The van der Waals surface area contributed by atoms with E-state index in [2.05, 4.69) is 10.6 Å². The molecule has 0 radical (unpaired) electrons. The van der Waals surface area contributed by atoms with Gasteiger partial charge < -0.3 is 40.6 Å². The Balaban J connectivity index is 1.18. The first kappa shape index (κ1) is 44.7. The van der Waals surface area contributed by atoms with E-state index in [0.29, 0.717) is 27.6 Å². The average Bonchev–Trinajstić information content (AvgIpc) is 3.18. The number of phenolic OH excluding ortho intramolecular Hbond substituents is 1. The average molecular weight is 833 g/mol. The Morgan fingerprint density at radius 1 is 0.617 bits per heavy atom. The molecule has 2 amide bonds. The van der Waals surface area contributed by atoms with Crippen LogP contribution < -0.4 is 16.1 Å². The molecule has 5 rings (SSSR count). The lowest BCUT2D eigenvalue weighted by molar-refractivity contribution is -0.140. The van der Waals surface area contributed by atoms with Gasteiger partial charge in [0.2, 0.25) is 11.8 Å². The number of carbonyl (C=O) groups excluding carboxylic acids is 2. The number of aryl methyl sites for hydroxylation is 1. The fraction of sp³-hybridized carbons (Fsp3) is 0.390. The summed E-state index contributed by atoms with van der Waals surface area (Å²) in [5, 5.41) is 54.6. The van der Waals surface area contributed by atoms with Crippen LogP contribution in [0.2, 0.25) is 0 Å². The van der Waals surface area contributed by atoms with Crippen LogP contribution in [-0.4, -0.2) is 172 Å². The van der Waals surface area contributed by atoms with Crippen molar-refractivity contribution in [1.82, 2.24) is 30.2 Å². The number of rotatable bonds is 16. The number of nitrogens with one attached hydrogen (secondary N) is 2. The largest absolute Gasteiger partial charge is 0.508 e. The van der Waals surface area contributed by atoms with Crippen LogP contribution in [0, 0.1) is 0 Å². The lowest BCUT2D eigenvalue weighted by Crippen LogP contribution is -2.50. The third-order valence-electron chi connectivity index (χ3n) is 10.1. The summed E-state index contributed by atoms with van der Waals surface area (Å²) in [6, 6.07) is 13.7. The topological polar surface area (TPSA) is 271 Å². The first-order valence-electron chi connectivity index (χ1n) is 19.3. The molecule has 7 N–H and O–H groups in total. The maximum atomic E-state index is 13.0. The van der Waals surface area contributed by atoms with Gasteiger partial charge in [0.15, 0.2) is 5.43 Å².